The number of likely N-dealkylation sites (tertiary alicyclic amines) is 1. The summed E-state index contributed by atoms with van der Waals surface area (Å²) in [6.45, 7) is 4.25. The monoisotopic (exact) mass is 379 g/mol. The molecule has 2 saturated heterocycles. The minimum atomic E-state index is -0.259. The molecule has 6 nitrogen and oxygen atoms in total. The zero-order valence-electron chi connectivity index (χ0n) is 16.1. The highest BCUT2D eigenvalue weighted by Gasteiger charge is 2.51. The number of pyridine rings is 1. The third kappa shape index (κ3) is 3.64. The van der Waals surface area contributed by atoms with Gasteiger partial charge in [0, 0.05) is 43.5 Å². The number of amides is 2. The fourth-order valence-electron chi connectivity index (χ4n) is 4.40. The fourth-order valence-corrected chi connectivity index (χ4v) is 4.40. The summed E-state index contributed by atoms with van der Waals surface area (Å²) in [5, 5.41) is 2.98. The Bertz CT molecular complexity index is 862. The van der Waals surface area contributed by atoms with Crippen LogP contribution in [-0.2, 0) is 9.53 Å². The molecule has 2 amide bonds. The van der Waals surface area contributed by atoms with E-state index < -0.39 is 0 Å². The first-order valence-corrected chi connectivity index (χ1v) is 9.72. The third-order valence-corrected chi connectivity index (χ3v) is 5.93. The van der Waals surface area contributed by atoms with E-state index in [1.807, 2.05) is 42.2 Å². The van der Waals surface area contributed by atoms with Crippen LogP contribution in [0.15, 0.2) is 48.8 Å². The summed E-state index contributed by atoms with van der Waals surface area (Å²) in [6, 6.07) is 11.2. The summed E-state index contributed by atoms with van der Waals surface area (Å²) in [7, 11) is 0. The lowest BCUT2D eigenvalue weighted by molar-refractivity contribution is -0.124. The molecule has 0 saturated carbocycles. The molecular weight excluding hydrogens is 354 g/mol. The molecule has 0 bridgehead atoms. The Kier molecular flexibility index (Phi) is 5.13. The molecule has 1 spiro atoms. The van der Waals surface area contributed by atoms with E-state index in [1.54, 1.807) is 18.5 Å². The zero-order chi connectivity index (χ0) is 19.6. The number of anilines is 1. The van der Waals surface area contributed by atoms with Crippen molar-refractivity contribution in [3.63, 3.8) is 0 Å². The number of aromatic nitrogens is 1. The summed E-state index contributed by atoms with van der Waals surface area (Å²) in [6.07, 6.45) is 4.89. The van der Waals surface area contributed by atoms with Crippen molar-refractivity contribution in [3.05, 3.63) is 59.9 Å². The van der Waals surface area contributed by atoms with E-state index in [4.69, 9.17) is 4.74 Å². The number of carbonyl (C=O) groups excluding carboxylic acids is 2. The Labute approximate surface area is 164 Å². The average molecular weight is 379 g/mol. The maximum Gasteiger partial charge on any atom is 0.253 e. The summed E-state index contributed by atoms with van der Waals surface area (Å²) >= 11 is 0. The topological polar surface area (TPSA) is 71.5 Å². The minimum absolute atomic E-state index is 0.00811. The Morgan fingerprint density at radius 3 is 2.75 bits per heavy atom. The number of hydrogen-bond donors (Lipinski definition) is 1. The molecule has 2 aromatic rings. The molecule has 2 fully saturated rings. The van der Waals surface area contributed by atoms with Gasteiger partial charge < -0.3 is 15.0 Å². The lowest BCUT2D eigenvalue weighted by atomic mass is 9.71. The molecular formula is C22H25N3O3. The second-order valence-electron chi connectivity index (χ2n) is 7.81. The fraction of sp³-hybridized carbons (Fsp3) is 0.409. The number of ether oxygens (including phenoxy) is 1. The van der Waals surface area contributed by atoms with Crippen LogP contribution >= 0.6 is 0 Å². The lowest BCUT2D eigenvalue weighted by Crippen LogP contribution is -2.42. The maximum absolute atomic E-state index is 13.1. The van der Waals surface area contributed by atoms with Crippen LogP contribution in [-0.4, -0.2) is 48.0 Å². The first kappa shape index (κ1) is 18.6. The molecule has 0 unspecified atom stereocenters. The van der Waals surface area contributed by atoms with E-state index in [9.17, 15) is 9.59 Å². The van der Waals surface area contributed by atoms with Crippen LogP contribution in [0.1, 0.15) is 28.8 Å². The molecule has 28 heavy (non-hydrogen) atoms. The average Bonchev–Trinajstić information content (AvgIpc) is 3.07. The van der Waals surface area contributed by atoms with Gasteiger partial charge in [0.15, 0.2) is 0 Å². The van der Waals surface area contributed by atoms with E-state index in [0.29, 0.717) is 37.6 Å². The summed E-state index contributed by atoms with van der Waals surface area (Å²) in [5.74, 6) is -0.314. The zero-order valence-corrected chi connectivity index (χ0v) is 16.1. The van der Waals surface area contributed by atoms with Crippen LogP contribution in [0.4, 0.5) is 5.69 Å². The minimum Gasteiger partial charge on any atom is -0.381 e. The van der Waals surface area contributed by atoms with Crippen LogP contribution in [0.3, 0.4) is 0 Å². The molecule has 0 radical (unpaired) electrons. The number of rotatable bonds is 3. The van der Waals surface area contributed by atoms with Gasteiger partial charge in [-0.05, 0) is 44.0 Å². The summed E-state index contributed by atoms with van der Waals surface area (Å²) < 4.78 is 5.55. The number of hydrogen-bond acceptors (Lipinski definition) is 4. The molecule has 3 heterocycles. The SMILES string of the molecule is Cc1cccc(C(=O)N2C[C@H](C(=O)Nc3cccnc3)C3(CCOCC3)C2)c1. The van der Waals surface area contributed by atoms with Gasteiger partial charge in [0.05, 0.1) is 17.8 Å². The van der Waals surface area contributed by atoms with Crippen LogP contribution < -0.4 is 5.32 Å². The second kappa shape index (κ2) is 7.72. The Balaban J connectivity index is 1.57. The smallest absolute Gasteiger partial charge is 0.253 e. The van der Waals surface area contributed by atoms with E-state index >= 15 is 0 Å². The standard InChI is InChI=1S/C22H25N3O3/c1-16-4-2-5-17(12-16)21(27)25-14-19(22(15-25)7-10-28-11-8-22)20(26)24-18-6-3-9-23-13-18/h2-6,9,12-13,19H,7-8,10-11,14-15H2,1H3,(H,24,26)/t19-/m1/s1. The highest BCUT2D eigenvalue weighted by molar-refractivity contribution is 5.97. The lowest BCUT2D eigenvalue weighted by Gasteiger charge is -2.37. The predicted octanol–water partition coefficient (Wildman–Crippen LogP) is 2.90. The number of aryl methyl sites for hydroxylation is 1. The van der Waals surface area contributed by atoms with Gasteiger partial charge in [-0.1, -0.05) is 17.7 Å². The molecule has 2 aliphatic rings. The molecule has 1 N–H and O–H groups in total. The highest BCUT2D eigenvalue weighted by Crippen LogP contribution is 2.45. The van der Waals surface area contributed by atoms with Crippen LogP contribution in [0.25, 0.3) is 0 Å². The Morgan fingerprint density at radius 1 is 1.21 bits per heavy atom. The first-order chi connectivity index (χ1) is 13.6. The third-order valence-electron chi connectivity index (χ3n) is 5.93. The van der Waals surface area contributed by atoms with Crippen LogP contribution in [0.2, 0.25) is 0 Å². The van der Waals surface area contributed by atoms with E-state index in [-0.39, 0.29) is 23.1 Å². The largest absolute Gasteiger partial charge is 0.381 e. The normalized spacial score (nSPS) is 20.9. The predicted molar refractivity (Wildman–Crippen MR) is 106 cm³/mol. The van der Waals surface area contributed by atoms with Gasteiger partial charge in [-0.25, -0.2) is 0 Å². The quantitative estimate of drug-likeness (QED) is 0.890. The van der Waals surface area contributed by atoms with Crippen LogP contribution in [0, 0.1) is 18.3 Å². The number of nitrogens with zero attached hydrogens (tertiary/aromatic N) is 2. The van der Waals surface area contributed by atoms with Gasteiger partial charge in [-0.15, -0.1) is 0 Å². The molecule has 6 heteroatoms. The molecule has 1 aromatic heterocycles. The molecule has 1 atom stereocenters. The van der Waals surface area contributed by atoms with Crippen molar-refractivity contribution in [1.29, 1.82) is 0 Å². The Morgan fingerprint density at radius 2 is 2.04 bits per heavy atom. The van der Waals surface area contributed by atoms with E-state index in [1.165, 1.54) is 0 Å². The Hall–Kier alpha value is -2.73. The van der Waals surface area contributed by atoms with Crippen molar-refractivity contribution >= 4 is 17.5 Å². The van der Waals surface area contributed by atoms with Crippen molar-refractivity contribution < 1.29 is 14.3 Å². The maximum atomic E-state index is 13.1. The van der Waals surface area contributed by atoms with Gasteiger partial charge in [-0.2, -0.15) is 0 Å². The molecule has 146 valence electrons. The molecule has 1 aromatic carbocycles. The summed E-state index contributed by atoms with van der Waals surface area (Å²) in [5.41, 5.74) is 2.18. The van der Waals surface area contributed by atoms with Crippen molar-refractivity contribution in [2.45, 2.75) is 19.8 Å². The molecule has 0 aliphatic carbocycles. The van der Waals surface area contributed by atoms with Crippen molar-refractivity contribution in [3.8, 4) is 0 Å². The summed E-state index contributed by atoms with van der Waals surface area (Å²) in [4.78, 5) is 32.1. The van der Waals surface area contributed by atoms with Crippen molar-refractivity contribution in [1.82, 2.24) is 9.88 Å². The highest BCUT2D eigenvalue weighted by atomic mass is 16.5. The van der Waals surface area contributed by atoms with Gasteiger partial charge in [0.2, 0.25) is 5.91 Å². The van der Waals surface area contributed by atoms with Gasteiger partial charge >= 0.3 is 0 Å². The van der Waals surface area contributed by atoms with E-state index in [2.05, 4.69) is 10.3 Å². The van der Waals surface area contributed by atoms with Gasteiger partial charge in [-0.3, -0.25) is 14.6 Å². The molecule has 2 aliphatic heterocycles. The van der Waals surface area contributed by atoms with E-state index in [0.717, 1.165) is 18.4 Å². The van der Waals surface area contributed by atoms with Crippen LogP contribution in [0.5, 0.6) is 0 Å². The van der Waals surface area contributed by atoms with Gasteiger partial charge in [0.25, 0.3) is 5.91 Å². The first-order valence-electron chi connectivity index (χ1n) is 9.72. The number of benzene rings is 1. The second-order valence-corrected chi connectivity index (χ2v) is 7.81. The van der Waals surface area contributed by atoms with Crippen molar-refractivity contribution in [2.24, 2.45) is 11.3 Å². The van der Waals surface area contributed by atoms with Crippen molar-refractivity contribution in [2.75, 3.05) is 31.6 Å². The number of nitrogens with one attached hydrogen (secondary N) is 1. The number of carbonyl (C=O) groups is 2. The van der Waals surface area contributed by atoms with Gasteiger partial charge in [0.1, 0.15) is 0 Å². The molecule has 4 rings (SSSR count).